The smallest absolute Gasteiger partial charge is 0.178 e. The number of aromatic hydroxyl groups is 1. The Morgan fingerprint density at radius 2 is 1.36 bits per heavy atom. The number of phenols is 1. The van der Waals surface area contributed by atoms with Crippen molar-refractivity contribution in [2.24, 2.45) is 0 Å². The third kappa shape index (κ3) is 7.71. The van der Waals surface area contributed by atoms with Crippen molar-refractivity contribution < 1.29 is 13.5 Å². The van der Waals surface area contributed by atoms with E-state index in [0.717, 1.165) is 55.2 Å². The average Bonchev–Trinajstić information content (AvgIpc) is 3.43. The van der Waals surface area contributed by atoms with Gasteiger partial charge >= 0.3 is 0 Å². The summed E-state index contributed by atoms with van der Waals surface area (Å²) in [5.74, 6) is 0.260. The first-order valence-electron chi connectivity index (χ1n) is 16.4. The number of rotatable bonds is 16. The second-order valence-electron chi connectivity index (χ2n) is 13.5. The molecule has 1 N–H and O–H groups in total. The molecule has 0 bridgehead atoms. The molecule has 3 aromatic carbocycles. The minimum atomic E-state index is -3.43. The first-order chi connectivity index (χ1) is 20.9. The van der Waals surface area contributed by atoms with Gasteiger partial charge in [-0.15, -0.1) is 15.0 Å². The number of phenolic OH excluding ortho intramolecular Hbond substituents is 1. The maximum atomic E-state index is 13.2. The van der Waals surface area contributed by atoms with Crippen LogP contribution in [0.4, 0.5) is 0 Å². The van der Waals surface area contributed by atoms with Crippen LogP contribution >= 0.6 is 0 Å². The van der Waals surface area contributed by atoms with Crippen LogP contribution in [0.15, 0.2) is 65.6 Å². The van der Waals surface area contributed by atoms with E-state index in [1.807, 2.05) is 24.3 Å². The van der Waals surface area contributed by atoms with Crippen molar-refractivity contribution in [1.82, 2.24) is 15.0 Å². The topological polar surface area (TPSA) is 85.1 Å². The molecule has 4 rings (SSSR count). The van der Waals surface area contributed by atoms with Gasteiger partial charge in [0.1, 0.15) is 22.5 Å². The van der Waals surface area contributed by atoms with Crippen molar-refractivity contribution >= 4 is 20.9 Å². The lowest BCUT2D eigenvalue weighted by Crippen LogP contribution is -2.23. The van der Waals surface area contributed by atoms with Gasteiger partial charge < -0.3 is 5.11 Å². The highest BCUT2D eigenvalue weighted by Crippen LogP contribution is 2.43. The molecular weight excluding hydrogens is 566 g/mol. The van der Waals surface area contributed by atoms with Gasteiger partial charge in [-0.05, 0) is 53.6 Å². The molecule has 0 aliphatic rings. The van der Waals surface area contributed by atoms with E-state index in [-0.39, 0.29) is 21.8 Å². The van der Waals surface area contributed by atoms with Crippen LogP contribution < -0.4 is 0 Å². The molecule has 238 valence electrons. The zero-order valence-electron chi connectivity index (χ0n) is 27.6. The summed E-state index contributed by atoms with van der Waals surface area (Å²) in [7, 11) is -3.43. The highest BCUT2D eigenvalue weighted by atomic mass is 32.2. The summed E-state index contributed by atoms with van der Waals surface area (Å²) < 4.78 is 26.3. The van der Waals surface area contributed by atoms with Crippen LogP contribution in [0.5, 0.6) is 5.75 Å². The molecule has 0 atom stereocenters. The molecule has 0 spiro atoms. The Hall–Kier alpha value is -3.19. The molecule has 0 fully saturated rings. The molecule has 7 heteroatoms. The molecule has 0 saturated heterocycles. The van der Waals surface area contributed by atoms with Crippen LogP contribution in [-0.4, -0.2) is 34.3 Å². The van der Waals surface area contributed by atoms with E-state index in [1.54, 1.807) is 18.2 Å². The lowest BCUT2D eigenvalue weighted by Gasteiger charge is -2.32. The van der Waals surface area contributed by atoms with Crippen molar-refractivity contribution in [2.75, 3.05) is 5.75 Å². The van der Waals surface area contributed by atoms with E-state index < -0.39 is 15.3 Å². The predicted octanol–water partition coefficient (Wildman–Crippen LogP) is 9.44. The first-order valence-corrected chi connectivity index (χ1v) is 18.1. The van der Waals surface area contributed by atoms with Crippen molar-refractivity contribution in [3.8, 4) is 11.4 Å². The zero-order valence-corrected chi connectivity index (χ0v) is 28.4. The Bertz CT molecular complexity index is 1640. The standard InChI is InChI=1S/C37H51N3O3S/c1-7-9-11-12-13-18-24-44(42,43)30-21-22-32-33(27-30)39-40(38-32)34-26-29(36(3,4)23-17-10-8-2)25-31(35(34)41)37(5,6)28-19-15-14-16-20-28/h14-16,19-22,25-27,41H,7-13,17-18,23-24H2,1-6H3. The van der Waals surface area contributed by atoms with Gasteiger partial charge in [-0.1, -0.05) is 129 Å². The van der Waals surface area contributed by atoms with Crippen LogP contribution in [-0.2, 0) is 20.7 Å². The molecule has 0 amide bonds. The average molecular weight is 618 g/mol. The third-order valence-electron chi connectivity index (χ3n) is 9.14. The van der Waals surface area contributed by atoms with E-state index in [2.05, 4.69) is 59.7 Å². The van der Waals surface area contributed by atoms with Crippen molar-refractivity contribution in [3.63, 3.8) is 0 Å². The molecule has 1 heterocycles. The molecule has 0 aliphatic heterocycles. The summed E-state index contributed by atoms with van der Waals surface area (Å²) in [5.41, 5.74) is 3.97. The number of hydrogen-bond acceptors (Lipinski definition) is 5. The monoisotopic (exact) mass is 617 g/mol. The summed E-state index contributed by atoms with van der Waals surface area (Å²) in [5, 5.41) is 21.3. The molecule has 0 saturated carbocycles. The molecule has 0 aliphatic carbocycles. The van der Waals surface area contributed by atoms with Crippen molar-refractivity contribution in [1.29, 1.82) is 0 Å². The van der Waals surface area contributed by atoms with Crippen LogP contribution in [0.1, 0.15) is 122 Å². The number of nitrogens with zero attached hydrogens (tertiary/aromatic N) is 3. The normalized spacial score (nSPS) is 12.7. The molecule has 44 heavy (non-hydrogen) atoms. The third-order valence-corrected chi connectivity index (χ3v) is 10.9. The molecule has 0 unspecified atom stereocenters. The van der Waals surface area contributed by atoms with Crippen molar-refractivity contribution in [3.05, 3.63) is 77.4 Å². The highest BCUT2D eigenvalue weighted by molar-refractivity contribution is 7.91. The maximum absolute atomic E-state index is 13.2. The Morgan fingerprint density at radius 3 is 2.07 bits per heavy atom. The minimum absolute atomic E-state index is 0.128. The number of hydrogen-bond donors (Lipinski definition) is 1. The second-order valence-corrected chi connectivity index (χ2v) is 15.6. The lowest BCUT2D eigenvalue weighted by atomic mass is 9.73. The molecule has 6 nitrogen and oxygen atoms in total. The van der Waals surface area contributed by atoms with Gasteiger partial charge in [0, 0.05) is 11.0 Å². The van der Waals surface area contributed by atoms with E-state index in [9.17, 15) is 13.5 Å². The van der Waals surface area contributed by atoms with Crippen LogP contribution in [0, 0.1) is 0 Å². The molecule has 4 aromatic rings. The lowest BCUT2D eigenvalue weighted by molar-refractivity contribution is 0.433. The summed E-state index contributed by atoms with van der Waals surface area (Å²) >= 11 is 0. The van der Waals surface area contributed by atoms with Gasteiger partial charge in [0.15, 0.2) is 9.84 Å². The van der Waals surface area contributed by atoms with Gasteiger partial charge in [0.2, 0.25) is 0 Å². The Labute approximate surface area is 264 Å². The Morgan fingerprint density at radius 1 is 0.727 bits per heavy atom. The molecule has 1 aromatic heterocycles. The summed E-state index contributed by atoms with van der Waals surface area (Å²) in [6, 6.07) is 19.3. The number of unbranched alkanes of at least 4 members (excludes halogenated alkanes) is 7. The largest absolute Gasteiger partial charge is 0.505 e. The second kappa shape index (κ2) is 14.3. The highest BCUT2D eigenvalue weighted by Gasteiger charge is 2.32. The summed E-state index contributed by atoms with van der Waals surface area (Å²) in [6.45, 7) is 13.2. The van der Waals surface area contributed by atoms with E-state index >= 15 is 0 Å². The van der Waals surface area contributed by atoms with Gasteiger partial charge in [-0.3, -0.25) is 0 Å². The number of benzene rings is 3. The first kappa shape index (κ1) is 33.7. The quantitative estimate of drug-likeness (QED) is 0.127. The van der Waals surface area contributed by atoms with E-state index in [4.69, 9.17) is 10.2 Å². The zero-order chi connectivity index (χ0) is 32.0. The van der Waals surface area contributed by atoms with Gasteiger partial charge in [0.05, 0.1) is 10.6 Å². The number of sulfone groups is 1. The molecular formula is C37H51N3O3S. The van der Waals surface area contributed by atoms with Crippen LogP contribution in [0.3, 0.4) is 0 Å². The fraction of sp³-hybridized carbons (Fsp3) is 0.514. The predicted molar refractivity (Wildman–Crippen MR) is 182 cm³/mol. The van der Waals surface area contributed by atoms with Gasteiger partial charge in [-0.2, -0.15) is 0 Å². The number of aromatic nitrogens is 3. The fourth-order valence-electron chi connectivity index (χ4n) is 6.00. The van der Waals surface area contributed by atoms with Gasteiger partial charge in [0.25, 0.3) is 0 Å². The van der Waals surface area contributed by atoms with E-state index in [1.165, 1.54) is 24.1 Å². The minimum Gasteiger partial charge on any atom is -0.505 e. The fourth-order valence-corrected chi connectivity index (χ4v) is 7.38. The SMILES string of the molecule is CCCCCCCCS(=O)(=O)c1ccc2nn(-c3cc(C(C)(C)CCCCC)cc(C(C)(C)c4ccccc4)c3O)nc2c1. The maximum Gasteiger partial charge on any atom is 0.178 e. The summed E-state index contributed by atoms with van der Waals surface area (Å²) in [6.07, 6.45) is 10.6. The van der Waals surface area contributed by atoms with Crippen LogP contribution in [0.25, 0.3) is 16.7 Å². The Kier molecular flexibility index (Phi) is 10.9. The van der Waals surface area contributed by atoms with Crippen LogP contribution in [0.2, 0.25) is 0 Å². The molecule has 0 radical (unpaired) electrons. The van der Waals surface area contributed by atoms with E-state index in [0.29, 0.717) is 23.1 Å². The Balaban J connectivity index is 1.74. The van der Waals surface area contributed by atoms with Gasteiger partial charge in [-0.25, -0.2) is 8.42 Å². The number of fused-ring (bicyclic) bond motifs is 1. The van der Waals surface area contributed by atoms with Crippen molar-refractivity contribution in [2.45, 2.75) is 121 Å². The summed E-state index contributed by atoms with van der Waals surface area (Å²) in [4.78, 5) is 1.74.